The molecule has 0 bridgehead atoms. The molecule has 1 saturated carbocycles. The van der Waals surface area contributed by atoms with Gasteiger partial charge in [-0.25, -0.2) is 0 Å². The van der Waals surface area contributed by atoms with E-state index >= 15 is 0 Å². The van der Waals surface area contributed by atoms with Gasteiger partial charge in [0.25, 0.3) is 0 Å². The Kier molecular flexibility index (Phi) is 7.30. The molecule has 1 rings (SSSR count). The summed E-state index contributed by atoms with van der Waals surface area (Å²) in [4.78, 5) is 11.8. The molecular formula is C20H38O4. The lowest BCUT2D eigenvalue weighted by molar-refractivity contribution is -0.216. The minimum atomic E-state index is -1.07. The van der Waals surface area contributed by atoms with Crippen LogP contribution in [0.2, 0.25) is 0 Å². The van der Waals surface area contributed by atoms with E-state index in [0.717, 1.165) is 12.8 Å². The van der Waals surface area contributed by atoms with Crippen LogP contribution in [0.3, 0.4) is 0 Å². The monoisotopic (exact) mass is 342 g/mol. The van der Waals surface area contributed by atoms with E-state index in [1.54, 1.807) is 0 Å². The second-order valence-corrected chi connectivity index (χ2v) is 9.91. The van der Waals surface area contributed by atoms with Gasteiger partial charge in [-0.3, -0.25) is 4.79 Å². The zero-order valence-electron chi connectivity index (χ0n) is 16.8. The lowest BCUT2D eigenvalue weighted by Crippen LogP contribution is -2.41. The highest BCUT2D eigenvalue weighted by atomic mass is 16.6. The Bertz CT molecular complexity index is 406. The van der Waals surface area contributed by atoms with Gasteiger partial charge in [0, 0.05) is 0 Å². The summed E-state index contributed by atoms with van der Waals surface area (Å²) in [7, 11) is 0. The Morgan fingerprint density at radius 3 is 2.42 bits per heavy atom. The van der Waals surface area contributed by atoms with Crippen LogP contribution in [0, 0.1) is 16.7 Å². The lowest BCUT2D eigenvalue weighted by Gasteiger charge is -2.38. The molecule has 2 unspecified atom stereocenters. The van der Waals surface area contributed by atoms with Crippen molar-refractivity contribution in [3.05, 3.63) is 0 Å². The fourth-order valence-corrected chi connectivity index (χ4v) is 3.59. The van der Waals surface area contributed by atoms with Gasteiger partial charge in [-0.15, -0.1) is 0 Å². The zero-order chi connectivity index (χ0) is 18.6. The largest absolute Gasteiger partial charge is 0.460 e. The highest BCUT2D eigenvalue weighted by Gasteiger charge is 2.37. The van der Waals surface area contributed by atoms with Crippen LogP contribution in [0.1, 0.15) is 87.0 Å². The van der Waals surface area contributed by atoms with Gasteiger partial charge in [-0.1, -0.05) is 47.5 Å². The summed E-state index contributed by atoms with van der Waals surface area (Å²) in [5, 5.41) is 10.2. The van der Waals surface area contributed by atoms with Crippen molar-refractivity contribution < 1.29 is 19.4 Å². The Morgan fingerprint density at radius 1 is 1.21 bits per heavy atom. The molecule has 4 nitrogen and oxygen atoms in total. The first kappa shape index (κ1) is 21.4. The molecule has 0 aliphatic heterocycles. The maximum absolute atomic E-state index is 11.8. The molecule has 0 radical (unpaired) electrons. The van der Waals surface area contributed by atoms with Crippen molar-refractivity contribution in [2.24, 2.45) is 16.7 Å². The Morgan fingerprint density at radius 2 is 1.83 bits per heavy atom. The summed E-state index contributed by atoms with van der Waals surface area (Å²) in [6, 6.07) is 0. The molecule has 142 valence electrons. The van der Waals surface area contributed by atoms with Gasteiger partial charge in [0.15, 0.2) is 6.29 Å². The molecular weight excluding hydrogens is 304 g/mol. The van der Waals surface area contributed by atoms with Crippen molar-refractivity contribution in [2.75, 3.05) is 6.61 Å². The number of aliphatic hydroxyl groups is 1. The van der Waals surface area contributed by atoms with E-state index in [1.165, 1.54) is 19.3 Å². The minimum Gasteiger partial charge on any atom is -0.460 e. The van der Waals surface area contributed by atoms with Crippen LogP contribution < -0.4 is 0 Å². The predicted molar refractivity (Wildman–Crippen MR) is 96.6 cm³/mol. The van der Waals surface area contributed by atoms with Crippen LogP contribution in [0.15, 0.2) is 0 Å². The van der Waals surface area contributed by atoms with Gasteiger partial charge in [0.1, 0.15) is 6.61 Å². The quantitative estimate of drug-likeness (QED) is 0.432. The molecule has 1 fully saturated rings. The Labute approximate surface area is 148 Å². The van der Waals surface area contributed by atoms with Gasteiger partial charge < -0.3 is 14.6 Å². The first-order valence-electron chi connectivity index (χ1n) is 9.32. The van der Waals surface area contributed by atoms with E-state index in [4.69, 9.17) is 9.47 Å². The zero-order valence-corrected chi connectivity index (χ0v) is 16.8. The first-order valence-corrected chi connectivity index (χ1v) is 9.32. The molecule has 4 heteroatoms. The molecule has 0 amide bonds. The maximum atomic E-state index is 11.8. The SMILES string of the molecule is CC(C)(C)CC(=O)OCC(O)OC(C)(C)C1CCCCC(C)(C)C1. The minimum absolute atomic E-state index is 0.103. The van der Waals surface area contributed by atoms with Gasteiger partial charge in [0.05, 0.1) is 12.0 Å². The van der Waals surface area contributed by atoms with E-state index < -0.39 is 11.9 Å². The number of hydrogen-bond acceptors (Lipinski definition) is 4. The molecule has 0 saturated heterocycles. The van der Waals surface area contributed by atoms with Crippen molar-refractivity contribution in [2.45, 2.75) is 98.9 Å². The smallest absolute Gasteiger partial charge is 0.306 e. The van der Waals surface area contributed by atoms with E-state index in [2.05, 4.69) is 13.8 Å². The standard InChI is InChI=1S/C20H38O4/c1-18(2,3)13-16(21)23-14-17(22)24-20(6,7)15-10-8-9-11-19(4,5)12-15/h15,17,22H,8-14H2,1-7H3. The number of rotatable bonds is 6. The van der Waals surface area contributed by atoms with Crippen LogP contribution in [-0.4, -0.2) is 29.6 Å². The molecule has 0 aromatic rings. The third-order valence-electron chi connectivity index (χ3n) is 4.94. The predicted octanol–water partition coefficient (Wildman–Crippen LogP) is 4.69. The Balaban J connectivity index is 2.51. The molecule has 0 aromatic heterocycles. The number of carbonyl (C=O) groups excluding carboxylic acids is 1. The van der Waals surface area contributed by atoms with Crippen molar-refractivity contribution in [1.82, 2.24) is 0 Å². The van der Waals surface area contributed by atoms with E-state index in [9.17, 15) is 9.90 Å². The number of esters is 1. The van der Waals surface area contributed by atoms with Crippen molar-refractivity contribution in [3.8, 4) is 0 Å². The lowest BCUT2D eigenvalue weighted by atomic mass is 9.75. The highest BCUT2D eigenvalue weighted by Crippen LogP contribution is 2.42. The average Bonchev–Trinajstić information content (AvgIpc) is 2.55. The van der Waals surface area contributed by atoms with Gasteiger partial charge in [-0.2, -0.15) is 0 Å². The van der Waals surface area contributed by atoms with Gasteiger partial charge >= 0.3 is 5.97 Å². The van der Waals surface area contributed by atoms with Gasteiger partial charge in [-0.05, 0) is 49.9 Å². The van der Waals surface area contributed by atoms with Crippen LogP contribution in [0.4, 0.5) is 0 Å². The number of aliphatic hydroxyl groups excluding tert-OH is 1. The summed E-state index contributed by atoms with van der Waals surface area (Å²) < 4.78 is 11.0. The molecule has 24 heavy (non-hydrogen) atoms. The first-order chi connectivity index (χ1) is 10.8. The van der Waals surface area contributed by atoms with Crippen LogP contribution in [0.25, 0.3) is 0 Å². The maximum Gasteiger partial charge on any atom is 0.306 e. The molecule has 0 heterocycles. The second-order valence-electron chi connectivity index (χ2n) is 9.91. The number of hydrogen-bond donors (Lipinski definition) is 1. The number of ether oxygens (including phenoxy) is 2. The van der Waals surface area contributed by atoms with Crippen LogP contribution in [-0.2, 0) is 14.3 Å². The Hall–Kier alpha value is -0.610. The summed E-state index contributed by atoms with van der Waals surface area (Å²) in [6.07, 6.45) is 5.18. The normalized spacial score (nSPS) is 23.4. The fraction of sp³-hybridized carbons (Fsp3) is 0.950. The molecule has 1 N–H and O–H groups in total. The third-order valence-corrected chi connectivity index (χ3v) is 4.94. The van der Waals surface area contributed by atoms with E-state index in [0.29, 0.717) is 17.8 Å². The topological polar surface area (TPSA) is 55.8 Å². The third kappa shape index (κ3) is 7.98. The van der Waals surface area contributed by atoms with E-state index in [1.807, 2.05) is 34.6 Å². The van der Waals surface area contributed by atoms with Crippen LogP contribution >= 0.6 is 0 Å². The molecule has 0 spiro atoms. The summed E-state index contributed by atoms with van der Waals surface area (Å²) in [5.41, 5.74) is -0.239. The molecule has 2 atom stereocenters. The summed E-state index contributed by atoms with van der Waals surface area (Å²) in [6.45, 7) is 14.6. The molecule has 0 aromatic carbocycles. The molecule has 1 aliphatic carbocycles. The van der Waals surface area contributed by atoms with Gasteiger partial charge in [0.2, 0.25) is 0 Å². The molecule has 1 aliphatic rings. The average molecular weight is 343 g/mol. The second kappa shape index (κ2) is 8.18. The number of carbonyl (C=O) groups is 1. The van der Waals surface area contributed by atoms with Crippen molar-refractivity contribution in [3.63, 3.8) is 0 Å². The summed E-state index contributed by atoms with van der Waals surface area (Å²) >= 11 is 0. The van der Waals surface area contributed by atoms with Crippen LogP contribution in [0.5, 0.6) is 0 Å². The fourth-order valence-electron chi connectivity index (χ4n) is 3.59. The summed E-state index contributed by atoms with van der Waals surface area (Å²) in [5.74, 6) is 0.105. The van der Waals surface area contributed by atoms with Crippen molar-refractivity contribution in [1.29, 1.82) is 0 Å². The van der Waals surface area contributed by atoms with Crippen molar-refractivity contribution >= 4 is 5.97 Å². The van der Waals surface area contributed by atoms with E-state index in [-0.39, 0.29) is 18.0 Å². The highest BCUT2D eigenvalue weighted by molar-refractivity contribution is 5.70.